The normalized spacial score (nSPS) is 11.5. The van der Waals surface area contributed by atoms with Gasteiger partial charge >= 0.3 is 0 Å². The van der Waals surface area contributed by atoms with Gasteiger partial charge in [0.15, 0.2) is 0 Å². The van der Waals surface area contributed by atoms with Gasteiger partial charge in [0.2, 0.25) is 5.91 Å². The van der Waals surface area contributed by atoms with Crippen LogP contribution in [0.3, 0.4) is 0 Å². The van der Waals surface area contributed by atoms with Crippen LogP contribution in [0.4, 0.5) is 0 Å². The lowest BCUT2D eigenvalue weighted by Crippen LogP contribution is -2.36. The van der Waals surface area contributed by atoms with Crippen molar-refractivity contribution in [1.29, 1.82) is 0 Å². The van der Waals surface area contributed by atoms with Gasteiger partial charge in [-0.05, 0) is 44.7 Å². The maximum Gasteiger partial charge on any atom is 0.244 e. The molecule has 1 amide bonds. The summed E-state index contributed by atoms with van der Waals surface area (Å²) in [7, 11) is 1.64. The van der Waals surface area contributed by atoms with Crippen LogP contribution in [0, 0.1) is 11.5 Å². The Bertz CT molecular complexity index is 824. The average molecular weight is 371 g/mol. The second-order valence-electron chi connectivity index (χ2n) is 8.30. The minimum absolute atomic E-state index is 0.0812. The maximum atomic E-state index is 12.9. The highest BCUT2D eigenvalue weighted by Gasteiger charge is 2.19. The van der Waals surface area contributed by atoms with Crippen molar-refractivity contribution in [1.82, 2.24) is 14.7 Å². The highest BCUT2D eigenvalue weighted by Crippen LogP contribution is 2.25. The van der Waals surface area contributed by atoms with Gasteiger partial charge in [0.1, 0.15) is 18.0 Å². The molecule has 1 aromatic heterocycles. The van der Waals surface area contributed by atoms with Crippen molar-refractivity contribution < 1.29 is 9.53 Å². The van der Waals surface area contributed by atoms with Gasteiger partial charge in [0.25, 0.3) is 0 Å². The summed E-state index contributed by atoms with van der Waals surface area (Å²) in [6.07, 6.45) is 4.26. The van der Waals surface area contributed by atoms with Crippen molar-refractivity contribution in [3.63, 3.8) is 0 Å². The van der Waals surface area contributed by atoms with E-state index in [0.29, 0.717) is 6.54 Å². The molecular formula is C22H32N3O2. The van der Waals surface area contributed by atoms with E-state index >= 15 is 0 Å². The first-order chi connectivity index (χ1) is 12.6. The Morgan fingerprint density at radius 3 is 2.56 bits per heavy atom. The summed E-state index contributed by atoms with van der Waals surface area (Å²) in [6.45, 7) is 14.3. The number of methoxy groups -OCH3 is 1. The van der Waals surface area contributed by atoms with E-state index in [1.165, 1.54) is 0 Å². The van der Waals surface area contributed by atoms with E-state index in [2.05, 4.69) is 31.9 Å². The van der Waals surface area contributed by atoms with E-state index in [-0.39, 0.29) is 17.9 Å². The van der Waals surface area contributed by atoms with Crippen molar-refractivity contribution in [3.8, 4) is 5.75 Å². The molecule has 0 fully saturated rings. The lowest BCUT2D eigenvalue weighted by Gasteiger charge is -2.26. The van der Waals surface area contributed by atoms with Gasteiger partial charge in [-0.2, -0.15) is 5.10 Å². The first-order valence-corrected chi connectivity index (χ1v) is 9.54. The molecule has 0 aliphatic heterocycles. The molecule has 27 heavy (non-hydrogen) atoms. The van der Waals surface area contributed by atoms with E-state index in [9.17, 15) is 4.79 Å². The van der Waals surface area contributed by atoms with Crippen LogP contribution in [0.15, 0.2) is 23.8 Å². The molecule has 5 heteroatoms. The number of amides is 1. The van der Waals surface area contributed by atoms with Crippen LogP contribution in [0.2, 0.25) is 0 Å². The Balaban J connectivity index is 2.33. The third-order valence-corrected chi connectivity index (χ3v) is 4.48. The van der Waals surface area contributed by atoms with Gasteiger partial charge in [-0.15, -0.1) is 0 Å². The second kappa shape index (κ2) is 8.59. The number of aromatic nitrogens is 2. The number of ether oxygens (including phenoxy) is 1. The quantitative estimate of drug-likeness (QED) is 0.723. The molecular weight excluding hydrogens is 338 g/mol. The molecule has 0 bridgehead atoms. The number of carbonyl (C=O) groups excluding carboxylic acids is 1. The Morgan fingerprint density at radius 1 is 1.30 bits per heavy atom. The smallest absolute Gasteiger partial charge is 0.244 e. The number of carbonyl (C=O) groups is 1. The molecule has 1 heterocycles. The third kappa shape index (κ3) is 5.59. The average Bonchev–Trinajstić information content (AvgIpc) is 2.90. The van der Waals surface area contributed by atoms with Gasteiger partial charge in [-0.25, -0.2) is 0 Å². The molecule has 1 aromatic carbocycles. The fraction of sp³-hybridized carbons (Fsp3) is 0.545. The zero-order chi connectivity index (χ0) is 20.2. The van der Waals surface area contributed by atoms with Gasteiger partial charge in [0, 0.05) is 30.6 Å². The number of allylic oxidation sites excluding steroid dienone is 1. The summed E-state index contributed by atoms with van der Waals surface area (Å²) in [5, 5.41) is 5.63. The summed E-state index contributed by atoms with van der Waals surface area (Å²) < 4.78 is 7.12. The van der Waals surface area contributed by atoms with Crippen LogP contribution in [0.5, 0.6) is 5.75 Å². The first-order valence-electron chi connectivity index (χ1n) is 9.54. The van der Waals surface area contributed by atoms with Crippen molar-refractivity contribution >= 4 is 16.8 Å². The largest absolute Gasteiger partial charge is 0.497 e. The number of hydrogen-bond donors (Lipinski definition) is 0. The standard InChI is InChI=1S/C22H32N3O2/c1-8-24(12-11-22(4,5)6)21(26)15-25-20-14-17(27-7)9-10-18(20)19(23-25)13-16(2)3/h9-10,14H,8,11-12,15H2,1-7H3. The summed E-state index contributed by atoms with van der Waals surface area (Å²) in [4.78, 5) is 14.8. The molecule has 0 spiro atoms. The molecule has 5 nitrogen and oxygen atoms in total. The summed E-state index contributed by atoms with van der Waals surface area (Å²) in [5.41, 5.74) is 2.89. The van der Waals surface area contributed by atoms with E-state index in [1.54, 1.807) is 11.8 Å². The summed E-state index contributed by atoms with van der Waals surface area (Å²) in [6, 6.07) is 5.82. The van der Waals surface area contributed by atoms with E-state index in [4.69, 9.17) is 4.74 Å². The highest BCUT2D eigenvalue weighted by molar-refractivity contribution is 5.86. The Kier molecular flexibility index (Phi) is 6.68. The van der Waals surface area contributed by atoms with Crippen LogP contribution in [0.1, 0.15) is 53.7 Å². The molecule has 0 saturated carbocycles. The van der Waals surface area contributed by atoms with Crippen molar-refractivity contribution in [2.75, 3.05) is 20.2 Å². The Morgan fingerprint density at radius 2 is 2.00 bits per heavy atom. The third-order valence-electron chi connectivity index (χ3n) is 4.48. The molecule has 147 valence electrons. The zero-order valence-electron chi connectivity index (χ0n) is 17.7. The number of nitrogens with zero attached hydrogens (tertiary/aromatic N) is 3. The highest BCUT2D eigenvalue weighted by atomic mass is 16.5. The zero-order valence-corrected chi connectivity index (χ0v) is 17.7. The number of benzene rings is 1. The molecule has 2 aromatic rings. The number of likely N-dealkylation sites (N-methyl/N-ethyl adjacent to an activating group) is 1. The van der Waals surface area contributed by atoms with Gasteiger partial charge < -0.3 is 9.64 Å². The van der Waals surface area contributed by atoms with Crippen LogP contribution in [0.25, 0.3) is 10.9 Å². The molecule has 0 N–H and O–H groups in total. The van der Waals surface area contributed by atoms with Gasteiger partial charge in [-0.1, -0.05) is 26.3 Å². The maximum absolute atomic E-state index is 12.9. The molecule has 2 rings (SSSR count). The van der Waals surface area contributed by atoms with Crippen molar-refractivity contribution in [2.24, 2.45) is 5.41 Å². The number of fused-ring (bicyclic) bond motifs is 1. The van der Waals surface area contributed by atoms with Gasteiger partial charge in [-0.3, -0.25) is 9.48 Å². The lowest BCUT2D eigenvalue weighted by atomic mass is 9.92. The Hall–Kier alpha value is -2.30. The Labute approximate surface area is 163 Å². The minimum atomic E-state index is 0.0812. The second-order valence-corrected chi connectivity index (χ2v) is 8.30. The fourth-order valence-electron chi connectivity index (χ4n) is 2.89. The van der Waals surface area contributed by atoms with Crippen molar-refractivity contribution in [2.45, 2.75) is 54.5 Å². The number of rotatable bonds is 7. The van der Waals surface area contributed by atoms with E-state index in [1.807, 2.05) is 43.9 Å². The monoisotopic (exact) mass is 370 g/mol. The van der Waals surface area contributed by atoms with Crippen LogP contribution < -0.4 is 4.74 Å². The SMILES string of the molecule is CCN(CCC(C)(C)C)C(=O)Cn1nc([C]=C(C)C)c2ccc(OC)cc21. The first kappa shape index (κ1) is 21.0. The molecule has 0 saturated heterocycles. The van der Waals surface area contributed by atoms with Crippen LogP contribution in [-0.4, -0.2) is 40.8 Å². The number of hydrogen-bond acceptors (Lipinski definition) is 3. The summed E-state index contributed by atoms with van der Waals surface area (Å²) in [5.74, 6) is 0.831. The predicted octanol–water partition coefficient (Wildman–Crippen LogP) is 4.45. The van der Waals surface area contributed by atoms with Gasteiger partial charge in [0.05, 0.1) is 12.6 Å². The molecule has 1 radical (unpaired) electrons. The molecule has 0 atom stereocenters. The molecule has 0 aliphatic carbocycles. The lowest BCUT2D eigenvalue weighted by molar-refractivity contribution is -0.132. The molecule has 0 unspecified atom stereocenters. The van der Waals surface area contributed by atoms with Crippen LogP contribution >= 0.6 is 0 Å². The topological polar surface area (TPSA) is 47.4 Å². The molecule has 0 aliphatic rings. The van der Waals surface area contributed by atoms with E-state index < -0.39 is 0 Å². The predicted molar refractivity (Wildman–Crippen MR) is 110 cm³/mol. The van der Waals surface area contributed by atoms with Crippen molar-refractivity contribution in [3.05, 3.63) is 35.5 Å². The summed E-state index contributed by atoms with van der Waals surface area (Å²) >= 11 is 0. The fourth-order valence-corrected chi connectivity index (χ4v) is 2.89. The van der Waals surface area contributed by atoms with E-state index in [0.717, 1.165) is 40.9 Å². The van der Waals surface area contributed by atoms with Crippen LogP contribution in [-0.2, 0) is 11.3 Å². The minimum Gasteiger partial charge on any atom is -0.497 e.